The second-order valence-corrected chi connectivity index (χ2v) is 7.03. The first kappa shape index (κ1) is 20.7. The van der Waals surface area contributed by atoms with E-state index in [0.717, 1.165) is 24.0 Å². The lowest BCUT2D eigenvalue weighted by Gasteiger charge is -2.36. The van der Waals surface area contributed by atoms with E-state index in [4.69, 9.17) is 23.5 Å². The van der Waals surface area contributed by atoms with Gasteiger partial charge in [-0.2, -0.15) is 5.37 Å². The van der Waals surface area contributed by atoms with E-state index >= 15 is 0 Å². The zero-order valence-electron chi connectivity index (χ0n) is 15.2. The van der Waals surface area contributed by atoms with Gasteiger partial charge in [0.2, 0.25) is 0 Å². The average molecular weight is 348 g/mol. The Bertz CT molecular complexity index is 708. The van der Waals surface area contributed by atoms with Crippen molar-refractivity contribution in [1.29, 1.82) is 0 Å². The molecule has 0 aliphatic heterocycles. The Kier molecular flexibility index (Phi) is 6.35. The van der Waals surface area contributed by atoms with Gasteiger partial charge in [0.25, 0.3) is 0 Å². The summed E-state index contributed by atoms with van der Waals surface area (Å²) in [5, 5.41) is 40.8. The summed E-state index contributed by atoms with van der Waals surface area (Å²) in [6.45, 7) is 3.80. The normalized spacial score (nSPS) is 20.5. The largest absolute Gasteiger partial charge is 0.507 e. The van der Waals surface area contributed by atoms with Crippen molar-refractivity contribution in [3.63, 3.8) is 0 Å². The molecular formula is C19H23B3O4. The van der Waals surface area contributed by atoms with Crippen LogP contribution in [-0.2, 0) is 6.42 Å². The lowest BCUT2D eigenvalue weighted by molar-refractivity contribution is -0.0561. The van der Waals surface area contributed by atoms with Crippen LogP contribution in [0.1, 0.15) is 50.2 Å². The number of benzene rings is 1. The fraction of sp³-hybridized carbons (Fsp3) is 0.474. The van der Waals surface area contributed by atoms with E-state index in [2.05, 4.69) is 0 Å². The molecule has 0 saturated carbocycles. The monoisotopic (exact) mass is 348 g/mol. The highest BCUT2D eigenvalue weighted by Gasteiger charge is 2.35. The van der Waals surface area contributed by atoms with E-state index in [9.17, 15) is 20.4 Å². The molecule has 4 nitrogen and oxygen atoms in total. The molecule has 1 aromatic carbocycles. The van der Waals surface area contributed by atoms with Crippen molar-refractivity contribution < 1.29 is 20.4 Å². The number of aliphatic hydroxyl groups is 2. The fourth-order valence-electron chi connectivity index (χ4n) is 3.65. The number of hydrogen-bond acceptors (Lipinski definition) is 4. The quantitative estimate of drug-likeness (QED) is 0.372. The highest BCUT2D eigenvalue weighted by Crippen LogP contribution is 2.48. The summed E-state index contributed by atoms with van der Waals surface area (Å²) in [5.41, 5.74) is -0.385. The highest BCUT2D eigenvalue weighted by molar-refractivity contribution is 6.48. The standard InChI is InChI=1S/C19H23B3O4/c1-3-4-11-7-15(23)17(16(24)8-11)14-9-12(19(22,25)26)5-6-13(14)10(2)18(20)21/h7-9,13-14,23-26H,3-6H2,1-2H3. The summed E-state index contributed by atoms with van der Waals surface area (Å²) in [6, 6.07) is 3.24. The zero-order chi connectivity index (χ0) is 19.6. The smallest absolute Gasteiger partial charge is 0.160 e. The molecule has 2 unspecified atom stereocenters. The molecule has 0 bridgehead atoms. The van der Waals surface area contributed by atoms with E-state index in [1.165, 1.54) is 0 Å². The third-order valence-corrected chi connectivity index (χ3v) is 5.09. The molecule has 7 heteroatoms. The first-order valence-electron chi connectivity index (χ1n) is 8.77. The molecule has 2 atom stereocenters. The number of aryl methyl sites for hydroxylation is 1. The van der Waals surface area contributed by atoms with Crippen LogP contribution in [0, 0.1) is 5.92 Å². The van der Waals surface area contributed by atoms with Crippen LogP contribution in [-0.4, -0.2) is 49.7 Å². The summed E-state index contributed by atoms with van der Waals surface area (Å²) >= 11 is 0. The Morgan fingerprint density at radius 3 is 2.23 bits per heavy atom. The Hall–Kier alpha value is -1.59. The second kappa shape index (κ2) is 7.97. The van der Waals surface area contributed by atoms with Gasteiger partial charge in [0.15, 0.2) is 7.85 Å². The summed E-state index contributed by atoms with van der Waals surface area (Å²) < 4.78 is 0. The number of rotatable bonds is 5. The lowest BCUT2D eigenvalue weighted by Crippen LogP contribution is -2.34. The van der Waals surface area contributed by atoms with E-state index in [1.807, 2.05) is 6.92 Å². The van der Waals surface area contributed by atoms with Crippen molar-refractivity contribution >= 4 is 23.5 Å². The molecule has 0 spiro atoms. The van der Waals surface area contributed by atoms with Gasteiger partial charge in [0, 0.05) is 11.5 Å². The van der Waals surface area contributed by atoms with Crippen LogP contribution in [0.25, 0.3) is 0 Å². The molecule has 1 aliphatic rings. The Morgan fingerprint density at radius 2 is 1.77 bits per heavy atom. The summed E-state index contributed by atoms with van der Waals surface area (Å²) in [5.74, 6) is -0.857. The van der Waals surface area contributed by atoms with Crippen molar-refractivity contribution in [2.45, 2.75) is 51.1 Å². The summed E-state index contributed by atoms with van der Waals surface area (Å²) in [6.07, 6.45) is 4.02. The average Bonchev–Trinajstić information content (AvgIpc) is 2.52. The third-order valence-electron chi connectivity index (χ3n) is 5.09. The molecule has 0 aromatic heterocycles. The minimum absolute atomic E-state index is 0.0529. The predicted octanol–water partition coefficient (Wildman–Crippen LogP) is 1.85. The van der Waals surface area contributed by atoms with E-state index in [1.54, 1.807) is 25.1 Å². The molecule has 2 rings (SSSR count). The fourth-order valence-corrected chi connectivity index (χ4v) is 3.65. The Balaban J connectivity index is 2.61. The van der Waals surface area contributed by atoms with E-state index in [-0.39, 0.29) is 28.4 Å². The maximum Gasteiger partial charge on any atom is 0.160 e. The van der Waals surface area contributed by atoms with Crippen LogP contribution in [0.2, 0.25) is 0 Å². The molecule has 6 radical (unpaired) electrons. The molecule has 132 valence electrons. The van der Waals surface area contributed by atoms with Crippen LogP contribution in [0.4, 0.5) is 0 Å². The van der Waals surface area contributed by atoms with Crippen molar-refractivity contribution in [2.24, 2.45) is 5.92 Å². The molecule has 26 heavy (non-hydrogen) atoms. The second-order valence-electron chi connectivity index (χ2n) is 7.03. The molecule has 1 aliphatic carbocycles. The number of allylic oxidation sites excluding steroid dienone is 2. The number of aromatic hydroxyl groups is 2. The Morgan fingerprint density at radius 1 is 1.19 bits per heavy atom. The summed E-state index contributed by atoms with van der Waals surface area (Å²) in [4.78, 5) is 0. The molecule has 4 N–H and O–H groups in total. The zero-order valence-corrected chi connectivity index (χ0v) is 15.2. The van der Waals surface area contributed by atoms with Gasteiger partial charge in [0.1, 0.15) is 17.2 Å². The topological polar surface area (TPSA) is 80.9 Å². The van der Waals surface area contributed by atoms with Gasteiger partial charge in [-0.15, -0.1) is 0 Å². The van der Waals surface area contributed by atoms with E-state index < -0.39 is 11.6 Å². The molecule has 0 saturated heterocycles. The first-order valence-corrected chi connectivity index (χ1v) is 8.77. The number of hydrogen-bond donors (Lipinski definition) is 4. The van der Waals surface area contributed by atoms with Gasteiger partial charge in [-0.1, -0.05) is 25.0 Å². The van der Waals surface area contributed by atoms with Crippen LogP contribution < -0.4 is 0 Å². The van der Waals surface area contributed by atoms with Gasteiger partial charge < -0.3 is 20.4 Å². The van der Waals surface area contributed by atoms with Gasteiger partial charge in [-0.25, -0.2) is 0 Å². The molecule has 0 heterocycles. The molecule has 0 amide bonds. The summed E-state index contributed by atoms with van der Waals surface area (Å²) in [7, 11) is 16.9. The first-order chi connectivity index (χ1) is 12.1. The van der Waals surface area contributed by atoms with Crippen LogP contribution in [0.3, 0.4) is 0 Å². The Labute approximate surface area is 158 Å². The van der Waals surface area contributed by atoms with Crippen molar-refractivity contribution in [1.82, 2.24) is 0 Å². The maximum absolute atomic E-state index is 10.6. The van der Waals surface area contributed by atoms with Gasteiger partial charge in [-0.05, 0) is 55.4 Å². The SMILES string of the molecule is [B]C([B])=C(C)C1CCC(C([B])(O)O)=CC1c1c(O)cc(CCC)cc1O. The minimum atomic E-state index is -2.46. The van der Waals surface area contributed by atoms with Crippen LogP contribution in [0.15, 0.2) is 34.7 Å². The van der Waals surface area contributed by atoms with Crippen molar-refractivity contribution in [2.75, 3.05) is 0 Å². The third kappa shape index (κ3) is 4.39. The van der Waals surface area contributed by atoms with Gasteiger partial charge in [-0.3, -0.25) is 0 Å². The van der Waals surface area contributed by atoms with Crippen LogP contribution in [0.5, 0.6) is 11.5 Å². The van der Waals surface area contributed by atoms with Crippen molar-refractivity contribution in [3.8, 4) is 11.5 Å². The number of phenols is 2. The number of phenolic OH excluding ortho intramolecular Hbond substituents is 2. The lowest BCUT2D eigenvalue weighted by atomic mass is 9.64. The van der Waals surface area contributed by atoms with Crippen molar-refractivity contribution in [3.05, 3.63) is 45.9 Å². The van der Waals surface area contributed by atoms with E-state index in [0.29, 0.717) is 18.4 Å². The maximum atomic E-state index is 10.6. The molecule has 0 fully saturated rings. The predicted molar refractivity (Wildman–Crippen MR) is 104 cm³/mol. The van der Waals surface area contributed by atoms with Gasteiger partial charge >= 0.3 is 0 Å². The van der Waals surface area contributed by atoms with Crippen LogP contribution >= 0.6 is 0 Å². The molecule has 1 aromatic rings. The minimum Gasteiger partial charge on any atom is -0.507 e. The molecular weight excluding hydrogens is 325 g/mol. The highest BCUT2D eigenvalue weighted by atomic mass is 16.5. The van der Waals surface area contributed by atoms with Gasteiger partial charge in [0.05, 0.1) is 15.7 Å².